The van der Waals surface area contributed by atoms with Crippen molar-refractivity contribution >= 4 is 18.1 Å². The number of carbonyl (C=O) groups excluding carboxylic acids is 1. The van der Waals surface area contributed by atoms with E-state index in [2.05, 4.69) is 29.4 Å². The Labute approximate surface area is 158 Å². The molecule has 1 aliphatic heterocycles. The summed E-state index contributed by atoms with van der Waals surface area (Å²) in [5, 5.41) is 10.3. The highest BCUT2D eigenvalue weighted by Crippen LogP contribution is 2.52. The highest BCUT2D eigenvalue weighted by atomic mass is 32.1. The molecule has 1 aromatic carbocycles. The van der Waals surface area contributed by atoms with Gasteiger partial charge in [-0.25, -0.2) is 0 Å². The van der Waals surface area contributed by atoms with E-state index in [9.17, 15) is 4.79 Å². The summed E-state index contributed by atoms with van der Waals surface area (Å²) in [6, 6.07) is 8.17. The molecule has 26 heavy (non-hydrogen) atoms. The van der Waals surface area contributed by atoms with E-state index >= 15 is 0 Å². The fraction of sp³-hybridized carbons (Fsp3) is 0.526. The third kappa shape index (κ3) is 2.79. The molecule has 4 rings (SSSR count). The molecule has 2 heterocycles. The zero-order chi connectivity index (χ0) is 18.5. The van der Waals surface area contributed by atoms with Crippen molar-refractivity contribution in [3.8, 4) is 11.4 Å². The zero-order valence-electron chi connectivity index (χ0n) is 15.3. The van der Waals surface area contributed by atoms with Gasteiger partial charge in [0.05, 0.1) is 6.10 Å². The normalized spacial score (nSPS) is 26.2. The molecule has 1 saturated heterocycles. The maximum atomic E-state index is 12.7. The fourth-order valence-electron chi connectivity index (χ4n) is 4.37. The fourth-order valence-corrected chi connectivity index (χ4v) is 4.56. The van der Waals surface area contributed by atoms with E-state index in [-0.39, 0.29) is 30.0 Å². The van der Waals surface area contributed by atoms with E-state index in [4.69, 9.17) is 17.0 Å². The van der Waals surface area contributed by atoms with Gasteiger partial charge in [-0.05, 0) is 25.6 Å². The lowest BCUT2D eigenvalue weighted by molar-refractivity contribution is -0.138. The Morgan fingerprint density at radius 1 is 1.42 bits per heavy atom. The molecule has 2 N–H and O–H groups in total. The zero-order valence-corrected chi connectivity index (χ0v) is 16.1. The third-order valence-electron chi connectivity index (χ3n) is 5.79. The third-order valence-corrected chi connectivity index (χ3v) is 6.10. The van der Waals surface area contributed by atoms with Crippen molar-refractivity contribution in [3.05, 3.63) is 34.6 Å². The average Bonchev–Trinajstić information content (AvgIpc) is 3.20. The van der Waals surface area contributed by atoms with Gasteiger partial charge >= 0.3 is 0 Å². The molecule has 3 atom stereocenters. The van der Waals surface area contributed by atoms with E-state index in [0.29, 0.717) is 16.5 Å². The van der Waals surface area contributed by atoms with Crippen molar-refractivity contribution in [2.75, 3.05) is 6.61 Å². The lowest BCUT2D eigenvalue weighted by Crippen LogP contribution is -2.67. The first-order valence-electron chi connectivity index (χ1n) is 9.01. The molecule has 1 saturated carbocycles. The van der Waals surface area contributed by atoms with Crippen LogP contribution in [0.4, 0.5) is 0 Å². The summed E-state index contributed by atoms with van der Waals surface area (Å²) in [4.78, 5) is 12.7. The number of fused-ring (bicyclic) bond motifs is 1. The lowest BCUT2D eigenvalue weighted by atomic mass is 9.57. The molecule has 2 aliphatic rings. The molecular weight excluding hydrogens is 348 g/mol. The topological polar surface area (TPSA) is 71.9 Å². The molecule has 1 aromatic heterocycles. The second-order valence-corrected chi connectivity index (χ2v) is 8.30. The Bertz CT molecular complexity index is 884. The van der Waals surface area contributed by atoms with Gasteiger partial charge in [-0.15, -0.1) is 0 Å². The van der Waals surface area contributed by atoms with Crippen LogP contribution < -0.4 is 5.32 Å². The maximum Gasteiger partial charge on any atom is 0.240 e. The molecule has 0 spiro atoms. The first kappa shape index (κ1) is 17.4. The van der Waals surface area contributed by atoms with E-state index < -0.39 is 0 Å². The van der Waals surface area contributed by atoms with Gasteiger partial charge in [-0.1, -0.05) is 43.7 Å². The van der Waals surface area contributed by atoms with Gasteiger partial charge in [-0.3, -0.25) is 14.5 Å². The van der Waals surface area contributed by atoms with Gasteiger partial charge < -0.3 is 10.1 Å². The summed E-state index contributed by atoms with van der Waals surface area (Å²) < 4.78 is 8.01. The van der Waals surface area contributed by atoms with Crippen molar-refractivity contribution in [1.82, 2.24) is 20.1 Å². The van der Waals surface area contributed by atoms with Crippen molar-refractivity contribution in [3.63, 3.8) is 0 Å². The number of hydrogen-bond acceptors (Lipinski definition) is 4. The number of amides is 1. The number of aromatic nitrogens is 3. The molecule has 2 aromatic rings. The van der Waals surface area contributed by atoms with Crippen LogP contribution in [0.3, 0.4) is 0 Å². The minimum atomic E-state index is -0.0423. The number of H-pyrrole nitrogens is 1. The number of aromatic amines is 1. The largest absolute Gasteiger partial charge is 0.377 e. The van der Waals surface area contributed by atoms with Gasteiger partial charge in [0.1, 0.15) is 6.54 Å². The van der Waals surface area contributed by atoms with Crippen LogP contribution in [0.15, 0.2) is 24.3 Å². The second kappa shape index (κ2) is 6.32. The molecule has 7 heteroatoms. The summed E-state index contributed by atoms with van der Waals surface area (Å²) >= 11 is 5.34. The first-order chi connectivity index (χ1) is 12.4. The SMILES string of the molecule is Cc1ccc(-c2n[nH]c(=S)n2CC(=O)N[C@@H]2[C@H]3CCO[C@@H]3C2(C)C)cc1. The second-order valence-electron chi connectivity index (χ2n) is 7.92. The molecular formula is C19H24N4O2S. The van der Waals surface area contributed by atoms with Crippen molar-refractivity contribution < 1.29 is 9.53 Å². The Morgan fingerprint density at radius 2 is 2.15 bits per heavy atom. The van der Waals surface area contributed by atoms with Gasteiger partial charge in [-0.2, -0.15) is 5.10 Å². The molecule has 0 radical (unpaired) electrons. The van der Waals surface area contributed by atoms with Crippen molar-refractivity contribution in [1.29, 1.82) is 0 Å². The Morgan fingerprint density at radius 3 is 2.88 bits per heavy atom. The lowest BCUT2D eigenvalue weighted by Gasteiger charge is -2.54. The molecule has 0 unspecified atom stereocenters. The van der Waals surface area contributed by atoms with Gasteiger partial charge in [0.2, 0.25) is 5.91 Å². The summed E-state index contributed by atoms with van der Waals surface area (Å²) in [5.41, 5.74) is 2.07. The molecule has 138 valence electrons. The minimum absolute atomic E-state index is 0.0333. The van der Waals surface area contributed by atoms with Crippen LogP contribution in [0.25, 0.3) is 11.4 Å². The van der Waals surface area contributed by atoms with Crippen LogP contribution in [0.1, 0.15) is 25.8 Å². The standard InChI is InChI=1S/C19H24N4O2S/c1-11-4-6-12(7-5-11)17-21-22-18(26)23(17)10-14(24)20-15-13-8-9-25-16(13)19(15,2)3/h4-7,13,15-16H,8-10H2,1-3H3,(H,20,24)(H,22,26)/t13-,15-,16+/m1/s1. The molecule has 1 amide bonds. The van der Waals surface area contributed by atoms with Crippen molar-refractivity contribution in [2.24, 2.45) is 11.3 Å². The number of nitrogens with zero attached hydrogens (tertiary/aromatic N) is 2. The van der Waals surface area contributed by atoms with E-state index in [0.717, 1.165) is 18.6 Å². The molecule has 2 fully saturated rings. The molecule has 1 aliphatic carbocycles. The van der Waals surface area contributed by atoms with Crippen LogP contribution in [0.2, 0.25) is 0 Å². The van der Waals surface area contributed by atoms with E-state index in [1.807, 2.05) is 31.2 Å². The molecule has 6 nitrogen and oxygen atoms in total. The van der Waals surface area contributed by atoms with E-state index in [1.54, 1.807) is 4.57 Å². The van der Waals surface area contributed by atoms with E-state index in [1.165, 1.54) is 5.56 Å². The Kier molecular flexibility index (Phi) is 4.23. The Balaban J connectivity index is 1.51. The molecule has 0 bridgehead atoms. The van der Waals surface area contributed by atoms with Crippen LogP contribution in [-0.2, 0) is 16.1 Å². The number of hydrogen-bond donors (Lipinski definition) is 2. The maximum absolute atomic E-state index is 12.7. The smallest absolute Gasteiger partial charge is 0.240 e. The Hall–Kier alpha value is -1.99. The highest BCUT2D eigenvalue weighted by molar-refractivity contribution is 7.71. The van der Waals surface area contributed by atoms with Gasteiger partial charge in [0.15, 0.2) is 10.6 Å². The number of ether oxygens (including phenoxy) is 1. The van der Waals surface area contributed by atoms with Crippen molar-refractivity contribution in [2.45, 2.75) is 45.9 Å². The predicted molar refractivity (Wildman–Crippen MR) is 101 cm³/mol. The van der Waals surface area contributed by atoms with Crippen LogP contribution in [0, 0.1) is 23.0 Å². The van der Waals surface area contributed by atoms with Gasteiger partial charge in [0, 0.05) is 29.5 Å². The monoisotopic (exact) mass is 372 g/mol. The number of nitrogens with one attached hydrogen (secondary N) is 2. The summed E-state index contributed by atoms with van der Waals surface area (Å²) in [6.45, 7) is 7.30. The highest BCUT2D eigenvalue weighted by Gasteiger charge is 2.59. The van der Waals surface area contributed by atoms with Gasteiger partial charge in [0.25, 0.3) is 0 Å². The number of rotatable bonds is 4. The predicted octanol–water partition coefficient (Wildman–Crippen LogP) is 2.85. The first-order valence-corrected chi connectivity index (χ1v) is 9.42. The summed E-state index contributed by atoms with van der Waals surface area (Å²) in [7, 11) is 0. The quantitative estimate of drug-likeness (QED) is 0.810. The summed E-state index contributed by atoms with van der Waals surface area (Å²) in [5.74, 6) is 1.06. The average molecular weight is 372 g/mol. The minimum Gasteiger partial charge on any atom is -0.377 e. The number of carbonyl (C=O) groups is 1. The number of benzene rings is 1. The number of aryl methyl sites for hydroxylation is 1. The summed E-state index contributed by atoms with van der Waals surface area (Å²) in [6.07, 6.45) is 1.27. The van der Waals surface area contributed by atoms with Crippen LogP contribution in [0.5, 0.6) is 0 Å². The van der Waals surface area contributed by atoms with Crippen LogP contribution >= 0.6 is 12.2 Å². The van der Waals surface area contributed by atoms with Crippen LogP contribution in [-0.4, -0.2) is 39.4 Å².